The molecule has 1 fully saturated rings. The predicted octanol–water partition coefficient (Wildman–Crippen LogP) is 1.15. The van der Waals surface area contributed by atoms with E-state index in [0.717, 1.165) is 25.7 Å². The Bertz CT molecular complexity index is 461. The Morgan fingerprint density at radius 3 is 2.94 bits per heavy atom. The first kappa shape index (κ1) is 12.4. The van der Waals surface area contributed by atoms with E-state index in [2.05, 4.69) is 10.4 Å². The minimum Gasteiger partial charge on any atom is -0.391 e. The van der Waals surface area contributed by atoms with E-state index < -0.39 is 0 Å². The molecule has 1 heterocycles. The maximum Gasteiger partial charge on any atom is 0.287 e. The van der Waals surface area contributed by atoms with Crippen LogP contribution in [0.15, 0.2) is 11.0 Å². The lowest BCUT2D eigenvalue weighted by Gasteiger charge is -2.29. The summed E-state index contributed by atoms with van der Waals surface area (Å²) in [6.07, 6.45) is 4.92. The zero-order valence-corrected chi connectivity index (χ0v) is 10.4. The fraction of sp³-hybridized carbons (Fsp3) is 0.636. The number of nitrogens with one attached hydrogen (secondary N) is 1. The number of rotatable bonds is 2. The number of hydrogen-bond acceptors (Lipinski definition) is 4. The first-order valence-corrected chi connectivity index (χ1v) is 6.14. The molecule has 1 aliphatic carbocycles. The van der Waals surface area contributed by atoms with Crippen LogP contribution < -0.4 is 10.9 Å². The lowest BCUT2D eigenvalue weighted by molar-refractivity contribution is 0.116. The maximum absolute atomic E-state index is 11.6. The van der Waals surface area contributed by atoms with Gasteiger partial charge in [-0.05, 0) is 12.8 Å². The second kappa shape index (κ2) is 5.06. The molecule has 2 unspecified atom stereocenters. The summed E-state index contributed by atoms with van der Waals surface area (Å²) in [6.45, 7) is 0. The van der Waals surface area contributed by atoms with Gasteiger partial charge >= 0.3 is 0 Å². The Kier molecular flexibility index (Phi) is 3.69. The Balaban J connectivity index is 2.18. The Hall–Kier alpha value is -1.07. The van der Waals surface area contributed by atoms with E-state index in [1.165, 1.54) is 10.9 Å². The molecule has 5 nitrogen and oxygen atoms in total. The summed E-state index contributed by atoms with van der Waals surface area (Å²) in [6, 6.07) is -0.0462. The average molecular weight is 258 g/mol. The minimum atomic E-state index is -0.385. The van der Waals surface area contributed by atoms with Crippen LogP contribution in [0.3, 0.4) is 0 Å². The molecule has 6 heteroatoms. The van der Waals surface area contributed by atoms with Crippen LogP contribution in [0.5, 0.6) is 0 Å². The molecule has 0 bridgehead atoms. The predicted molar refractivity (Wildman–Crippen MR) is 66.4 cm³/mol. The summed E-state index contributed by atoms with van der Waals surface area (Å²) < 4.78 is 1.19. The van der Waals surface area contributed by atoms with Crippen molar-refractivity contribution in [2.45, 2.75) is 37.8 Å². The van der Waals surface area contributed by atoms with Crippen molar-refractivity contribution in [1.82, 2.24) is 9.78 Å². The van der Waals surface area contributed by atoms with E-state index in [1.54, 1.807) is 7.05 Å². The number of aliphatic hydroxyl groups excluding tert-OH is 1. The molecule has 0 aromatic carbocycles. The lowest BCUT2D eigenvalue weighted by atomic mass is 9.92. The number of aromatic nitrogens is 2. The molecule has 0 saturated heterocycles. The molecule has 1 aliphatic rings. The van der Waals surface area contributed by atoms with Crippen molar-refractivity contribution in [3.8, 4) is 0 Å². The molecule has 1 aromatic heterocycles. The Morgan fingerprint density at radius 2 is 2.24 bits per heavy atom. The minimum absolute atomic E-state index is 0.0462. The van der Waals surface area contributed by atoms with Gasteiger partial charge in [0.2, 0.25) is 0 Å². The van der Waals surface area contributed by atoms with E-state index in [-0.39, 0.29) is 22.7 Å². The molecule has 0 spiro atoms. The summed E-state index contributed by atoms with van der Waals surface area (Å²) in [5.41, 5.74) is 0.169. The molecule has 17 heavy (non-hydrogen) atoms. The monoisotopic (exact) mass is 257 g/mol. The van der Waals surface area contributed by atoms with Crippen molar-refractivity contribution in [2.24, 2.45) is 7.05 Å². The quantitative estimate of drug-likeness (QED) is 0.834. The van der Waals surface area contributed by atoms with Crippen LogP contribution in [0.1, 0.15) is 25.7 Å². The molecule has 94 valence electrons. The van der Waals surface area contributed by atoms with Gasteiger partial charge in [0, 0.05) is 7.05 Å². The Morgan fingerprint density at radius 1 is 1.53 bits per heavy atom. The molecule has 0 aliphatic heterocycles. The van der Waals surface area contributed by atoms with Crippen LogP contribution >= 0.6 is 11.6 Å². The summed E-state index contributed by atoms with van der Waals surface area (Å²) in [5, 5.41) is 17.0. The second-order valence-corrected chi connectivity index (χ2v) is 4.78. The second-order valence-electron chi connectivity index (χ2n) is 4.40. The summed E-state index contributed by atoms with van der Waals surface area (Å²) in [4.78, 5) is 11.6. The standard InChI is InChI=1S/C11H16ClN3O2/c1-15-11(17)10(12)8(6-13-15)14-7-4-2-3-5-9(7)16/h6-7,9,14,16H,2-5H2,1H3. The molecule has 2 N–H and O–H groups in total. The van der Waals surface area contributed by atoms with Crippen molar-refractivity contribution >= 4 is 17.3 Å². The van der Waals surface area contributed by atoms with Crippen molar-refractivity contribution < 1.29 is 5.11 Å². The average Bonchev–Trinajstić information content (AvgIpc) is 2.32. The normalized spacial score (nSPS) is 24.6. The van der Waals surface area contributed by atoms with Gasteiger partial charge in [-0.25, -0.2) is 4.68 Å². The van der Waals surface area contributed by atoms with Crippen LogP contribution in [0, 0.1) is 0 Å². The van der Waals surface area contributed by atoms with Crippen molar-refractivity contribution in [2.75, 3.05) is 5.32 Å². The zero-order chi connectivity index (χ0) is 12.4. The van der Waals surface area contributed by atoms with Gasteiger partial charge in [-0.2, -0.15) is 5.10 Å². The highest BCUT2D eigenvalue weighted by Crippen LogP contribution is 2.24. The molecular formula is C11H16ClN3O2. The fourth-order valence-corrected chi connectivity index (χ4v) is 2.32. The molecule has 0 radical (unpaired) electrons. The van der Waals surface area contributed by atoms with Gasteiger partial charge in [-0.15, -0.1) is 0 Å². The molecule has 2 rings (SSSR count). The molecule has 0 amide bonds. The van der Waals surface area contributed by atoms with E-state index in [9.17, 15) is 9.90 Å². The van der Waals surface area contributed by atoms with E-state index >= 15 is 0 Å². The number of hydrogen-bond donors (Lipinski definition) is 2. The van der Waals surface area contributed by atoms with Crippen LogP contribution in [-0.2, 0) is 7.05 Å². The summed E-state index contributed by atoms with van der Waals surface area (Å²) in [5.74, 6) is 0. The first-order valence-electron chi connectivity index (χ1n) is 5.76. The number of aryl methyl sites for hydroxylation is 1. The van der Waals surface area contributed by atoms with Gasteiger partial charge in [0.05, 0.1) is 24.0 Å². The van der Waals surface area contributed by atoms with Crippen molar-refractivity contribution in [3.63, 3.8) is 0 Å². The topological polar surface area (TPSA) is 67.2 Å². The zero-order valence-electron chi connectivity index (χ0n) is 9.69. The third-order valence-electron chi connectivity index (χ3n) is 3.15. The molecular weight excluding hydrogens is 242 g/mol. The maximum atomic E-state index is 11.6. The smallest absolute Gasteiger partial charge is 0.287 e. The van der Waals surface area contributed by atoms with Gasteiger partial charge in [0.15, 0.2) is 0 Å². The fourth-order valence-electron chi connectivity index (χ4n) is 2.09. The van der Waals surface area contributed by atoms with Gasteiger partial charge in [-0.3, -0.25) is 4.79 Å². The van der Waals surface area contributed by atoms with Crippen LogP contribution in [0.2, 0.25) is 5.02 Å². The number of halogens is 1. The largest absolute Gasteiger partial charge is 0.391 e. The van der Waals surface area contributed by atoms with Crippen LogP contribution in [0.4, 0.5) is 5.69 Å². The van der Waals surface area contributed by atoms with Gasteiger partial charge in [0.1, 0.15) is 5.02 Å². The van der Waals surface area contributed by atoms with Crippen molar-refractivity contribution in [1.29, 1.82) is 0 Å². The first-order chi connectivity index (χ1) is 8.09. The molecule has 2 atom stereocenters. The highest BCUT2D eigenvalue weighted by atomic mass is 35.5. The SMILES string of the molecule is Cn1ncc(NC2CCCCC2O)c(Cl)c1=O. The lowest BCUT2D eigenvalue weighted by Crippen LogP contribution is -2.37. The third kappa shape index (κ3) is 2.61. The van der Waals surface area contributed by atoms with Crippen LogP contribution in [-0.4, -0.2) is 27.0 Å². The summed E-state index contributed by atoms with van der Waals surface area (Å²) >= 11 is 5.95. The van der Waals surface area contributed by atoms with Crippen LogP contribution in [0.25, 0.3) is 0 Å². The highest BCUT2D eigenvalue weighted by molar-refractivity contribution is 6.32. The van der Waals surface area contributed by atoms with Gasteiger partial charge in [-0.1, -0.05) is 24.4 Å². The van der Waals surface area contributed by atoms with Gasteiger partial charge in [0.25, 0.3) is 5.56 Å². The number of nitrogens with zero attached hydrogens (tertiary/aromatic N) is 2. The van der Waals surface area contributed by atoms with E-state index in [0.29, 0.717) is 5.69 Å². The van der Waals surface area contributed by atoms with Crippen molar-refractivity contribution in [3.05, 3.63) is 21.6 Å². The van der Waals surface area contributed by atoms with E-state index in [4.69, 9.17) is 11.6 Å². The highest BCUT2D eigenvalue weighted by Gasteiger charge is 2.23. The van der Waals surface area contributed by atoms with Gasteiger partial charge < -0.3 is 10.4 Å². The number of aliphatic hydroxyl groups is 1. The molecule has 1 saturated carbocycles. The molecule has 1 aromatic rings. The Labute approximate surface area is 104 Å². The summed E-state index contributed by atoms with van der Waals surface area (Å²) in [7, 11) is 1.55. The van der Waals surface area contributed by atoms with E-state index in [1.807, 2.05) is 0 Å². The third-order valence-corrected chi connectivity index (χ3v) is 3.51. The number of anilines is 1.